The molecule has 4 rings (SSSR count). The van der Waals surface area contributed by atoms with Gasteiger partial charge in [-0.2, -0.15) is 0 Å². The fourth-order valence-corrected chi connectivity index (χ4v) is 2.98. The standard InChI is InChI=1S/C19H20N3.BF4/c1-21-19(17-10-6-3-7-11-17)22(14-15-12-13-15)18(20-21)16-8-4-2-5-9-16;2-1(3,4)5/h2-11,15H,12-14H2,1H3;/q+1;-1. The van der Waals surface area contributed by atoms with E-state index in [-0.39, 0.29) is 0 Å². The zero-order valence-electron chi connectivity index (χ0n) is 14.9. The summed E-state index contributed by atoms with van der Waals surface area (Å²) in [6.45, 7) is 1.06. The SMILES string of the molecule is Cn1nc(-c2ccccc2)[n+](CC2CC2)c1-c1ccccc1.F[B-](F)(F)F. The molecule has 3 aromatic rings. The molecule has 0 aliphatic heterocycles. The molecule has 1 heterocycles. The van der Waals surface area contributed by atoms with Gasteiger partial charge >= 0.3 is 13.1 Å². The van der Waals surface area contributed by atoms with Gasteiger partial charge < -0.3 is 17.3 Å². The van der Waals surface area contributed by atoms with Crippen LogP contribution in [-0.2, 0) is 13.6 Å². The third-order valence-corrected chi connectivity index (χ3v) is 4.26. The number of aryl methyl sites for hydroxylation is 1. The van der Waals surface area contributed by atoms with E-state index in [4.69, 9.17) is 5.10 Å². The Kier molecular flexibility index (Phi) is 5.63. The van der Waals surface area contributed by atoms with E-state index in [1.54, 1.807) is 0 Å². The maximum absolute atomic E-state index is 9.75. The van der Waals surface area contributed by atoms with Crippen molar-refractivity contribution in [3.8, 4) is 22.8 Å². The number of nitrogens with zero attached hydrogens (tertiary/aromatic N) is 3. The minimum absolute atomic E-state index is 0.805. The van der Waals surface area contributed by atoms with Crippen LogP contribution in [-0.4, -0.2) is 17.0 Å². The number of rotatable bonds is 4. The van der Waals surface area contributed by atoms with Crippen LogP contribution in [0.25, 0.3) is 22.8 Å². The predicted molar refractivity (Wildman–Crippen MR) is 97.2 cm³/mol. The Morgan fingerprint density at radius 1 is 0.926 bits per heavy atom. The molecule has 142 valence electrons. The van der Waals surface area contributed by atoms with Gasteiger partial charge in [-0.3, -0.25) is 0 Å². The third kappa shape index (κ3) is 5.42. The first-order chi connectivity index (χ1) is 12.8. The van der Waals surface area contributed by atoms with Crippen molar-refractivity contribution in [1.82, 2.24) is 9.78 Å². The van der Waals surface area contributed by atoms with Crippen molar-refractivity contribution in [3.63, 3.8) is 0 Å². The summed E-state index contributed by atoms with van der Waals surface area (Å²) >= 11 is 0. The van der Waals surface area contributed by atoms with Crippen molar-refractivity contribution in [3.05, 3.63) is 60.7 Å². The van der Waals surface area contributed by atoms with Crippen LogP contribution in [0, 0.1) is 5.92 Å². The lowest BCUT2D eigenvalue weighted by molar-refractivity contribution is -0.679. The smallest absolute Gasteiger partial charge is 0.418 e. The Bertz CT molecular complexity index is 869. The Morgan fingerprint density at radius 3 is 1.89 bits per heavy atom. The average molecular weight is 377 g/mol. The van der Waals surface area contributed by atoms with E-state index in [0.717, 1.165) is 18.3 Å². The van der Waals surface area contributed by atoms with Gasteiger partial charge in [0.1, 0.15) is 0 Å². The number of aromatic nitrogens is 3. The van der Waals surface area contributed by atoms with Crippen LogP contribution in [0.3, 0.4) is 0 Å². The highest BCUT2D eigenvalue weighted by Gasteiger charge is 2.31. The Hall–Kier alpha value is -2.64. The maximum Gasteiger partial charge on any atom is 0.673 e. The van der Waals surface area contributed by atoms with Crippen LogP contribution in [0.15, 0.2) is 60.7 Å². The van der Waals surface area contributed by atoms with Gasteiger partial charge in [0.15, 0.2) is 0 Å². The van der Waals surface area contributed by atoms with Gasteiger partial charge in [-0.15, -0.1) is 4.68 Å². The van der Waals surface area contributed by atoms with Crippen LogP contribution in [0.1, 0.15) is 12.8 Å². The minimum Gasteiger partial charge on any atom is -0.418 e. The molecule has 0 bridgehead atoms. The number of hydrogen-bond acceptors (Lipinski definition) is 1. The largest absolute Gasteiger partial charge is 0.673 e. The first kappa shape index (κ1) is 19.1. The summed E-state index contributed by atoms with van der Waals surface area (Å²) in [6.07, 6.45) is 2.68. The molecule has 1 aliphatic carbocycles. The molecule has 0 radical (unpaired) electrons. The molecule has 3 nitrogen and oxygen atoms in total. The lowest BCUT2D eigenvalue weighted by Crippen LogP contribution is -2.38. The highest BCUT2D eigenvalue weighted by atomic mass is 19.5. The molecule has 0 N–H and O–H groups in total. The van der Waals surface area contributed by atoms with Crippen LogP contribution < -0.4 is 4.57 Å². The first-order valence-electron chi connectivity index (χ1n) is 8.78. The Morgan fingerprint density at radius 2 is 1.41 bits per heavy atom. The Balaban J connectivity index is 0.000000376. The van der Waals surface area contributed by atoms with Crippen molar-refractivity contribution >= 4 is 7.25 Å². The van der Waals surface area contributed by atoms with E-state index >= 15 is 0 Å². The molecular formula is C19H20BF4N3. The number of hydrogen-bond donors (Lipinski definition) is 0. The van der Waals surface area contributed by atoms with Crippen molar-refractivity contribution in [2.75, 3.05) is 0 Å². The monoisotopic (exact) mass is 377 g/mol. The normalized spacial score (nSPS) is 13.8. The molecule has 1 fully saturated rings. The van der Waals surface area contributed by atoms with Crippen molar-refractivity contribution in [2.45, 2.75) is 19.4 Å². The van der Waals surface area contributed by atoms with Gasteiger partial charge in [0, 0.05) is 5.10 Å². The zero-order valence-corrected chi connectivity index (χ0v) is 14.9. The molecule has 27 heavy (non-hydrogen) atoms. The lowest BCUT2D eigenvalue weighted by atomic mass is 10.2. The quantitative estimate of drug-likeness (QED) is 0.365. The molecule has 8 heteroatoms. The van der Waals surface area contributed by atoms with E-state index in [2.05, 4.69) is 65.2 Å². The molecule has 0 amide bonds. The first-order valence-corrected chi connectivity index (χ1v) is 8.78. The predicted octanol–water partition coefficient (Wildman–Crippen LogP) is 4.75. The van der Waals surface area contributed by atoms with E-state index in [1.807, 2.05) is 11.7 Å². The van der Waals surface area contributed by atoms with Gasteiger partial charge in [0.05, 0.1) is 24.7 Å². The molecular weight excluding hydrogens is 357 g/mol. The molecule has 0 saturated heterocycles. The fraction of sp³-hybridized carbons (Fsp3) is 0.263. The molecule has 1 saturated carbocycles. The maximum atomic E-state index is 9.75. The van der Waals surface area contributed by atoms with Gasteiger partial charge in [0.25, 0.3) is 5.82 Å². The third-order valence-electron chi connectivity index (χ3n) is 4.26. The molecule has 1 aromatic heterocycles. The average Bonchev–Trinajstić information content (AvgIpc) is 3.37. The van der Waals surface area contributed by atoms with Gasteiger partial charge in [0.2, 0.25) is 0 Å². The summed E-state index contributed by atoms with van der Waals surface area (Å²) < 4.78 is 43.4. The molecule has 2 aromatic carbocycles. The van der Waals surface area contributed by atoms with E-state index in [1.165, 1.54) is 29.8 Å². The summed E-state index contributed by atoms with van der Waals surface area (Å²) in [5.74, 6) is 3.05. The zero-order chi connectivity index (χ0) is 19.4. The van der Waals surface area contributed by atoms with Gasteiger partial charge in [-0.25, -0.2) is 4.57 Å². The second kappa shape index (κ2) is 7.94. The fourth-order valence-electron chi connectivity index (χ4n) is 2.98. The number of halogens is 4. The van der Waals surface area contributed by atoms with Crippen molar-refractivity contribution in [2.24, 2.45) is 13.0 Å². The van der Waals surface area contributed by atoms with Crippen LogP contribution in [0.5, 0.6) is 0 Å². The molecule has 1 aliphatic rings. The summed E-state index contributed by atoms with van der Waals surface area (Å²) in [7, 11) is -3.96. The van der Waals surface area contributed by atoms with Gasteiger partial charge in [-0.1, -0.05) is 36.4 Å². The summed E-state index contributed by atoms with van der Waals surface area (Å²) in [4.78, 5) is 0. The minimum atomic E-state index is -6.00. The summed E-state index contributed by atoms with van der Waals surface area (Å²) in [5.41, 5.74) is 2.40. The highest BCUT2D eigenvalue weighted by Crippen LogP contribution is 2.31. The van der Waals surface area contributed by atoms with Crippen LogP contribution >= 0.6 is 0 Å². The van der Waals surface area contributed by atoms with Gasteiger partial charge in [-0.05, 0) is 43.0 Å². The molecule has 0 unspecified atom stereocenters. The highest BCUT2D eigenvalue weighted by molar-refractivity contribution is 6.50. The molecule has 0 spiro atoms. The van der Waals surface area contributed by atoms with Crippen molar-refractivity contribution in [1.29, 1.82) is 0 Å². The second-order valence-electron chi connectivity index (χ2n) is 6.55. The van der Waals surface area contributed by atoms with E-state index in [0.29, 0.717) is 0 Å². The van der Waals surface area contributed by atoms with E-state index in [9.17, 15) is 17.3 Å². The molecule has 0 atom stereocenters. The topological polar surface area (TPSA) is 21.7 Å². The summed E-state index contributed by atoms with van der Waals surface area (Å²) in [6, 6.07) is 21.0. The van der Waals surface area contributed by atoms with Crippen molar-refractivity contribution < 1.29 is 21.8 Å². The second-order valence-corrected chi connectivity index (χ2v) is 6.55. The number of benzene rings is 2. The summed E-state index contributed by atoms with van der Waals surface area (Å²) in [5, 5.41) is 4.82. The van der Waals surface area contributed by atoms with Crippen LogP contribution in [0.2, 0.25) is 0 Å². The van der Waals surface area contributed by atoms with Crippen LogP contribution in [0.4, 0.5) is 17.3 Å². The lowest BCUT2D eigenvalue weighted by Gasteiger charge is -2.04. The Labute approximate surface area is 155 Å². The van der Waals surface area contributed by atoms with E-state index < -0.39 is 7.25 Å².